The Morgan fingerprint density at radius 3 is 1.38 bits per heavy atom. The highest BCUT2D eigenvalue weighted by Crippen LogP contribution is 2.44. The molecule has 9 nitrogen and oxygen atoms in total. The first-order valence-corrected chi connectivity index (χ1v) is 12.2. The summed E-state index contributed by atoms with van der Waals surface area (Å²) in [5, 5.41) is 68.1. The van der Waals surface area contributed by atoms with Crippen LogP contribution in [0.1, 0.15) is 0 Å². The van der Waals surface area contributed by atoms with Crippen LogP contribution in [0, 0.1) is 0 Å². The Bertz CT molecular complexity index is 2010. The molecule has 7 aromatic rings. The summed E-state index contributed by atoms with van der Waals surface area (Å²) in [4.78, 5) is 13.5. The summed E-state index contributed by atoms with van der Waals surface area (Å²) in [6.07, 6.45) is 0. The van der Waals surface area contributed by atoms with E-state index in [0.29, 0.717) is 5.56 Å². The van der Waals surface area contributed by atoms with Gasteiger partial charge in [-0.15, -0.1) is 0 Å². The Hall–Kier alpha value is -5.83. The summed E-state index contributed by atoms with van der Waals surface area (Å²) < 4.78 is 0. The minimum Gasteiger partial charge on any atom is -0.508 e. The quantitative estimate of drug-likeness (QED) is 0.151. The summed E-state index contributed by atoms with van der Waals surface area (Å²) in [7, 11) is 0. The molecule has 6 aromatic carbocycles. The number of nitrogens with zero attached hydrogens (tertiary/aromatic N) is 3. The Kier molecular flexibility index (Phi) is 4.86. The Morgan fingerprint density at radius 2 is 0.850 bits per heavy atom. The van der Waals surface area contributed by atoms with Crippen LogP contribution in [0.5, 0.6) is 34.5 Å². The molecule has 0 amide bonds. The molecule has 0 spiro atoms. The predicted octanol–water partition coefficient (Wildman–Crippen LogP) is 6.00. The van der Waals surface area contributed by atoms with Crippen molar-refractivity contribution in [3.63, 3.8) is 0 Å². The van der Waals surface area contributed by atoms with E-state index in [0.717, 1.165) is 56.6 Å². The van der Waals surface area contributed by atoms with Gasteiger partial charge in [-0.25, -0.2) is 15.0 Å². The first-order chi connectivity index (χ1) is 19.3. The molecule has 0 saturated heterocycles. The highest BCUT2D eigenvalue weighted by molar-refractivity contribution is 6.25. The Labute approximate surface area is 225 Å². The standard InChI is InChI=1S/C31H19N3O6/c35-17-10-21(37)27(22(38)11-17)30-32-29(33-31(34-30)28-23(39)12-18(36)13-24(28)40)20-9-7-16-5-4-14-2-1-3-15-6-8-19(20)26(16)25(14)15/h1-13,35-40H. The third kappa shape index (κ3) is 3.45. The first-order valence-electron chi connectivity index (χ1n) is 12.2. The van der Waals surface area contributed by atoms with Crippen LogP contribution < -0.4 is 0 Å². The van der Waals surface area contributed by atoms with E-state index in [2.05, 4.69) is 21.0 Å². The average molecular weight is 530 g/mol. The second kappa shape index (κ2) is 8.34. The zero-order valence-corrected chi connectivity index (χ0v) is 20.5. The summed E-state index contributed by atoms with van der Waals surface area (Å²) in [5.41, 5.74) is 0.238. The number of phenolic OH excluding ortho intramolecular Hbond substituents is 6. The predicted molar refractivity (Wildman–Crippen MR) is 150 cm³/mol. The molecule has 0 aliphatic heterocycles. The third-order valence-electron chi connectivity index (χ3n) is 7.02. The zero-order chi connectivity index (χ0) is 27.7. The van der Waals surface area contributed by atoms with Crippen molar-refractivity contribution in [2.75, 3.05) is 0 Å². The molecule has 7 rings (SSSR count). The fraction of sp³-hybridized carbons (Fsp3) is 0. The minimum atomic E-state index is -0.491. The lowest BCUT2D eigenvalue weighted by Gasteiger charge is -2.15. The number of aromatic nitrogens is 3. The van der Waals surface area contributed by atoms with E-state index in [9.17, 15) is 30.6 Å². The molecule has 0 bridgehead atoms. The normalized spacial score (nSPS) is 11.6. The van der Waals surface area contributed by atoms with Crippen molar-refractivity contribution < 1.29 is 30.6 Å². The van der Waals surface area contributed by atoms with Crippen LogP contribution >= 0.6 is 0 Å². The second-order valence-electron chi connectivity index (χ2n) is 9.49. The maximum absolute atomic E-state index is 10.6. The van der Waals surface area contributed by atoms with Crippen molar-refractivity contribution >= 4 is 32.3 Å². The van der Waals surface area contributed by atoms with Gasteiger partial charge in [0.05, 0.1) is 0 Å². The largest absolute Gasteiger partial charge is 0.508 e. The fourth-order valence-electron chi connectivity index (χ4n) is 5.30. The molecule has 0 aliphatic carbocycles. The maximum Gasteiger partial charge on any atom is 0.171 e. The van der Waals surface area contributed by atoms with Gasteiger partial charge in [0.25, 0.3) is 0 Å². The van der Waals surface area contributed by atoms with Crippen molar-refractivity contribution in [2.45, 2.75) is 0 Å². The van der Waals surface area contributed by atoms with Crippen molar-refractivity contribution in [3.05, 3.63) is 78.9 Å². The van der Waals surface area contributed by atoms with Gasteiger partial charge in [-0.3, -0.25) is 0 Å². The lowest BCUT2D eigenvalue weighted by molar-refractivity contribution is 0.429. The van der Waals surface area contributed by atoms with Crippen molar-refractivity contribution in [3.8, 4) is 68.7 Å². The van der Waals surface area contributed by atoms with Gasteiger partial charge in [0.15, 0.2) is 17.5 Å². The summed E-state index contributed by atoms with van der Waals surface area (Å²) >= 11 is 0. The molecule has 0 saturated carbocycles. The van der Waals surface area contributed by atoms with Crippen molar-refractivity contribution in [1.82, 2.24) is 15.0 Å². The van der Waals surface area contributed by atoms with Crippen LogP contribution in [0.3, 0.4) is 0 Å². The molecule has 0 unspecified atom stereocenters. The van der Waals surface area contributed by atoms with Crippen molar-refractivity contribution in [1.29, 1.82) is 0 Å². The summed E-state index contributed by atoms with van der Waals surface area (Å²) in [5.74, 6) is -2.91. The number of aromatic hydroxyl groups is 6. The molecular weight excluding hydrogens is 510 g/mol. The van der Waals surface area contributed by atoms with Gasteiger partial charge in [-0.2, -0.15) is 0 Å². The maximum atomic E-state index is 10.6. The van der Waals surface area contributed by atoms with Gasteiger partial charge in [0.2, 0.25) is 0 Å². The van der Waals surface area contributed by atoms with Crippen LogP contribution in [0.4, 0.5) is 0 Å². The molecule has 1 heterocycles. The second-order valence-corrected chi connectivity index (χ2v) is 9.49. The van der Waals surface area contributed by atoms with E-state index in [1.165, 1.54) is 0 Å². The van der Waals surface area contributed by atoms with Gasteiger partial charge in [-0.1, -0.05) is 48.5 Å². The Balaban J connectivity index is 1.57. The number of hydrogen-bond acceptors (Lipinski definition) is 9. The van der Waals surface area contributed by atoms with Gasteiger partial charge < -0.3 is 30.6 Å². The summed E-state index contributed by atoms with van der Waals surface area (Å²) in [6, 6.07) is 22.1. The molecule has 194 valence electrons. The van der Waals surface area contributed by atoms with Crippen LogP contribution in [-0.4, -0.2) is 45.6 Å². The average Bonchev–Trinajstić information content (AvgIpc) is 2.90. The molecule has 0 atom stereocenters. The zero-order valence-electron chi connectivity index (χ0n) is 20.5. The molecular formula is C31H19N3O6. The highest BCUT2D eigenvalue weighted by Gasteiger charge is 2.23. The summed E-state index contributed by atoms with van der Waals surface area (Å²) in [6.45, 7) is 0. The van der Waals surface area contributed by atoms with E-state index < -0.39 is 23.0 Å². The monoisotopic (exact) mass is 529 g/mol. The lowest BCUT2D eigenvalue weighted by atomic mass is 9.92. The highest BCUT2D eigenvalue weighted by atomic mass is 16.3. The van der Waals surface area contributed by atoms with E-state index in [4.69, 9.17) is 0 Å². The van der Waals surface area contributed by atoms with Gasteiger partial charge in [0.1, 0.15) is 45.6 Å². The van der Waals surface area contributed by atoms with E-state index in [1.54, 1.807) is 0 Å². The molecule has 40 heavy (non-hydrogen) atoms. The number of benzene rings is 6. The third-order valence-corrected chi connectivity index (χ3v) is 7.02. The van der Waals surface area contributed by atoms with Crippen LogP contribution in [0.15, 0.2) is 78.9 Å². The molecule has 1 aromatic heterocycles. The van der Waals surface area contributed by atoms with Crippen LogP contribution in [0.2, 0.25) is 0 Å². The van der Waals surface area contributed by atoms with Gasteiger partial charge >= 0.3 is 0 Å². The first kappa shape index (κ1) is 23.3. The van der Waals surface area contributed by atoms with E-state index in [-0.39, 0.29) is 40.1 Å². The van der Waals surface area contributed by atoms with E-state index >= 15 is 0 Å². The van der Waals surface area contributed by atoms with Gasteiger partial charge in [0, 0.05) is 29.8 Å². The molecule has 9 heteroatoms. The van der Waals surface area contributed by atoms with Crippen LogP contribution in [-0.2, 0) is 0 Å². The molecule has 0 fully saturated rings. The number of phenols is 6. The van der Waals surface area contributed by atoms with E-state index in [1.807, 2.05) is 48.5 Å². The fourth-order valence-corrected chi connectivity index (χ4v) is 5.30. The van der Waals surface area contributed by atoms with Gasteiger partial charge in [-0.05, 0) is 38.4 Å². The number of rotatable bonds is 3. The molecule has 0 radical (unpaired) electrons. The topological polar surface area (TPSA) is 160 Å². The Morgan fingerprint density at radius 1 is 0.425 bits per heavy atom. The molecule has 0 aliphatic rings. The van der Waals surface area contributed by atoms with Crippen molar-refractivity contribution in [2.24, 2.45) is 0 Å². The minimum absolute atomic E-state index is 0.136. The van der Waals surface area contributed by atoms with Crippen LogP contribution in [0.25, 0.3) is 66.5 Å². The lowest BCUT2D eigenvalue weighted by Crippen LogP contribution is -2.01. The number of hydrogen-bond donors (Lipinski definition) is 6. The smallest absolute Gasteiger partial charge is 0.171 e. The molecule has 6 N–H and O–H groups in total. The SMILES string of the molecule is Oc1cc(O)c(-c2nc(-c3c(O)cc(O)cc3O)nc(-c3ccc4ccc5cccc6ccc3c4c56)n2)c(O)c1.